The van der Waals surface area contributed by atoms with Crippen LogP contribution in [0.5, 0.6) is 0 Å². The van der Waals surface area contributed by atoms with Crippen LogP contribution in [0.1, 0.15) is 27.5 Å². The average molecular weight is 429 g/mol. The maximum absolute atomic E-state index is 13.7. The van der Waals surface area contributed by atoms with Crippen LogP contribution in [0.2, 0.25) is 0 Å². The van der Waals surface area contributed by atoms with Gasteiger partial charge in [0.15, 0.2) is 6.04 Å². The Bertz CT molecular complexity index is 1310. The molecule has 0 aliphatic carbocycles. The van der Waals surface area contributed by atoms with Gasteiger partial charge >= 0.3 is 5.97 Å². The minimum atomic E-state index is -1.10. The number of hydrogen-bond donors (Lipinski definition) is 1. The predicted molar refractivity (Wildman–Crippen MR) is 118 cm³/mol. The molecule has 32 heavy (non-hydrogen) atoms. The number of halogens is 1. The van der Waals surface area contributed by atoms with Gasteiger partial charge in [-0.15, -0.1) is 0 Å². The molecule has 1 unspecified atom stereocenters. The first-order valence-corrected chi connectivity index (χ1v) is 9.94. The zero-order valence-corrected chi connectivity index (χ0v) is 17.5. The van der Waals surface area contributed by atoms with Crippen molar-refractivity contribution in [2.45, 2.75) is 13.0 Å². The highest BCUT2D eigenvalue weighted by molar-refractivity contribution is 6.08. The van der Waals surface area contributed by atoms with Crippen LogP contribution in [-0.4, -0.2) is 29.0 Å². The van der Waals surface area contributed by atoms with E-state index in [1.54, 1.807) is 43.5 Å². The molecule has 7 heteroatoms. The summed E-state index contributed by atoms with van der Waals surface area (Å²) in [7, 11) is 1.24. The Morgan fingerprint density at radius 2 is 1.78 bits per heavy atom. The normalized spacial score (nSPS) is 11.7. The van der Waals surface area contributed by atoms with Crippen molar-refractivity contribution in [2.75, 3.05) is 7.11 Å². The van der Waals surface area contributed by atoms with E-state index in [0.29, 0.717) is 39.0 Å². The Morgan fingerprint density at radius 3 is 2.50 bits per heavy atom. The van der Waals surface area contributed by atoms with Crippen LogP contribution < -0.4 is 5.32 Å². The van der Waals surface area contributed by atoms with Gasteiger partial charge in [-0.2, -0.15) is 0 Å². The third kappa shape index (κ3) is 4.18. The Hall–Kier alpha value is -4.13. The third-order valence-electron chi connectivity index (χ3n) is 5.12. The number of para-hydroxylation sites is 1. The minimum Gasteiger partial charge on any atom is -0.467 e. The summed E-state index contributed by atoms with van der Waals surface area (Å²) in [6.07, 6.45) is 1.65. The highest BCUT2D eigenvalue weighted by Crippen LogP contribution is 2.25. The Morgan fingerprint density at radius 1 is 1.00 bits per heavy atom. The maximum Gasteiger partial charge on any atom is 0.333 e. The van der Waals surface area contributed by atoms with E-state index in [1.807, 2.05) is 18.2 Å². The third-order valence-corrected chi connectivity index (χ3v) is 5.12. The number of aromatic nitrogens is 2. The van der Waals surface area contributed by atoms with Crippen LogP contribution in [0, 0.1) is 12.7 Å². The van der Waals surface area contributed by atoms with E-state index in [4.69, 9.17) is 4.74 Å². The summed E-state index contributed by atoms with van der Waals surface area (Å²) in [5.41, 5.74) is 2.88. The van der Waals surface area contributed by atoms with E-state index in [2.05, 4.69) is 15.3 Å². The number of carbonyl (C=O) groups is 2. The molecule has 0 saturated heterocycles. The number of benzene rings is 2. The number of hydrogen-bond acceptors (Lipinski definition) is 5. The molecule has 4 aromatic rings. The number of esters is 1. The van der Waals surface area contributed by atoms with Gasteiger partial charge < -0.3 is 10.1 Å². The molecule has 2 aromatic heterocycles. The first-order valence-electron chi connectivity index (χ1n) is 9.94. The Balaban J connectivity index is 1.77. The van der Waals surface area contributed by atoms with Gasteiger partial charge in [0.2, 0.25) is 0 Å². The molecule has 0 fully saturated rings. The summed E-state index contributed by atoms with van der Waals surface area (Å²) in [4.78, 5) is 34.8. The topological polar surface area (TPSA) is 81.2 Å². The highest BCUT2D eigenvalue weighted by atomic mass is 19.1. The molecular weight excluding hydrogens is 409 g/mol. The van der Waals surface area contributed by atoms with E-state index in [9.17, 15) is 14.0 Å². The van der Waals surface area contributed by atoms with E-state index in [-0.39, 0.29) is 0 Å². The molecule has 0 radical (unpaired) electrons. The number of aryl methyl sites for hydroxylation is 1. The van der Waals surface area contributed by atoms with E-state index in [1.165, 1.54) is 25.3 Å². The minimum absolute atomic E-state index is 0.337. The van der Waals surface area contributed by atoms with Gasteiger partial charge in [0.25, 0.3) is 5.91 Å². The smallest absolute Gasteiger partial charge is 0.333 e. The zero-order chi connectivity index (χ0) is 22.7. The SMILES string of the molecule is COC(=O)C(NC(=O)c1cc(-c2ccccn2)nc2ccccc12)c1ccc(F)c(C)c1. The molecule has 2 aromatic carbocycles. The largest absolute Gasteiger partial charge is 0.467 e. The van der Waals surface area contributed by atoms with Crippen LogP contribution in [-0.2, 0) is 9.53 Å². The Labute approximate surface area is 184 Å². The quantitative estimate of drug-likeness (QED) is 0.476. The van der Waals surface area contributed by atoms with Crippen LogP contribution >= 0.6 is 0 Å². The molecule has 1 N–H and O–H groups in total. The van der Waals surface area contributed by atoms with Gasteiger partial charge in [0.05, 0.1) is 29.6 Å². The van der Waals surface area contributed by atoms with Gasteiger partial charge in [-0.1, -0.05) is 36.4 Å². The summed E-state index contributed by atoms with van der Waals surface area (Å²) in [6, 6.07) is 17.4. The van der Waals surface area contributed by atoms with Crippen LogP contribution in [0.3, 0.4) is 0 Å². The van der Waals surface area contributed by atoms with Crippen LogP contribution in [0.25, 0.3) is 22.3 Å². The van der Waals surface area contributed by atoms with Gasteiger partial charge in [-0.05, 0) is 48.4 Å². The molecule has 0 aliphatic heterocycles. The molecular formula is C25H20FN3O3. The van der Waals surface area contributed by atoms with Crippen molar-refractivity contribution >= 4 is 22.8 Å². The van der Waals surface area contributed by atoms with Gasteiger partial charge in [0, 0.05) is 11.6 Å². The van der Waals surface area contributed by atoms with Crippen LogP contribution in [0.4, 0.5) is 4.39 Å². The van der Waals surface area contributed by atoms with Crippen molar-refractivity contribution < 1.29 is 18.7 Å². The van der Waals surface area contributed by atoms with Crippen molar-refractivity contribution in [1.82, 2.24) is 15.3 Å². The first kappa shape index (κ1) is 21.1. The lowest BCUT2D eigenvalue weighted by Gasteiger charge is -2.18. The fourth-order valence-corrected chi connectivity index (χ4v) is 3.46. The molecule has 0 aliphatic rings. The molecule has 0 saturated carbocycles. The molecule has 0 spiro atoms. The van der Waals surface area contributed by atoms with Crippen molar-refractivity contribution in [1.29, 1.82) is 0 Å². The summed E-state index contributed by atoms with van der Waals surface area (Å²) < 4.78 is 18.6. The lowest BCUT2D eigenvalue weighted by atomic mass is 10.0. The standard InChI is InChI=1S/C25H20FN3O3/c1-15-13-16(10-11-19(15)26)23(25(31)32-2)29-24(30)18-14-22(21-9-5-6-12-27-21)28-20-8-4-3-7-17(18)20/h3-14,23H,1-2H3,(H,29,30). The molecule has 1 atom stereocenters. The highest BCUT2D eigenvalue weighted by Gasteiger charge is 2.26. The van der Waals surface area contributed by atoms with E-state index < -0.39 is 23.7 Å². The second-order valence-corrected chi connectivity index (χ2v) is 7.23. The van der Waals surface area contributed by atoms with Gasteiger partial charge in [-0.25, -0.2) is 14.2 Å². The Kier molecular flexibility index (Phi) is 5.89. The van der Waals surface area contributed by atoms with E-state index >= 15 is 0 Å². The van der Waals surface area contributed by atoms with Crippen molar-refractivity contribution in [2.24, 2.45) is 0 Å². The molecule has 6 nitrogen and oxygen atoms in total. The maximum atomic E-state index is 13.7. The number of carbonyl (C=O) groups excluding carboxylic acids is 2. The van der Waals surface area contributed by atoms with Crippen molar-refractivity contribution in [3.63, 3.8) is 0 Å². The summed E-state index contributed by atoms with van der Waals surface area (Å²) in [6.45, 7) is 1.59. The number of ether oxygens (including phenoxy) is 1. The average Bonchev–Trinajstić information content (AvgIpc) is 2.83. The summed E-state index contributed by atoms with van der Waals surface area (Å²) in [5.74, 6) is -1.55. The summed E-state index contributed by atoms with van der Waals surface area (Å²) >= 11 is 0. The van der Waals surface area contributed by atoms with Crippen LogP contribution in [0.15, 0.2) is 72.9 Å². The number of fused-ring (bicyclic) bond motifs is 1. The number of nitrogens with zero attached hydrogens (tertiary/aromatic N) is 2. The summed E-state index contributed by atoms with van der Waals surface area (Å²) in [5, 5.41) is 3.36. The van der Waals surface area contributed by atoms with Crippen molar-refractivity contribution in [3.8, 4) is 11.4 Å². The lowest BCUT2D eigenvalue weighted by molar-refractivity contribution is -0.143. The molecule has 160 valence electrons. The number of nitrogens with one attached hydrogen (secondary N) is 1. The first-order chi connectivity index (χ1) is 15.5. The predicted octanol–water partition coefficient (Wildman–Crippen LogP) is 4.39. The molecule has 1 amide bonds. The monoisotopic (exact) mass is 429 g/mol. The van der Waals surface area contributed by atoms with Gasteiger partial charge in [0.1, 0.15) is 5.82 Å². The fraction of sp³-hybridized carbons (Fsp3) is 0.120. The number of pyridine rings is 2. The second-order valence-electron chi connectivity index (χ2n) is 7.23. The zero-order valence-electron chi connectivity index (χ0n) is 17.5. The van der Waals surface area contributed by atoms with Gasteiger partial charge in [-0.3, -0.25) is 9.78 Å². The number of methoxy groups -OCH3 is 1. The van der Waals surface area contributed by atoms with Crippen molar-refractivity contribution in [3.05, 3.63) is 95.4 Å². The lowest BCUT2D eigenvalue weighted by Crippen LogP contribution is -2.34. The fourth-order valence-electron chi connectivity index (χ4n) is 3.46. The number of amides is 1. The number of rotatable bonds is 5. The molecule has 0 bridgehead atoms. The molecule has 2 heterocycles. The van der Waals surface area contributed by atoms with E-state index in [0.717, 1.165) is 0 Å². The molecule has 4 rings (SSSR count). The second kappa shape index (κ2) is 8.93.